The molecule has 0 aliphatic heterocycles. The van der Waals surface area contributed by atoms with Crippen molar-refractivity contribution < 1.29 is 9.53 Å². The minimum atomic E-state index is -0.223. The molecule has 1 heterocycles. The van der Waals surface area contributed by atoms with E-state index in [1.54, 1.807) is 6.07 Å². The molecule has 9 heteroatoms. The quantitative estimate of drug-likeness (QED) is 0.586. The van der Waals surface area contributed by atoms with Crippen molar-refractivity contribution in [3.05, 3.63) is 59.7 Å². The third-order valence-electron chi connectivity index (χ3n) is 3.53. The van der Waals surface area contributed by atoms with E-state index in [0.29, 0.717) is 12.3 Å². The Labute approximate surface area is 150 Å². The molecule has 0 spiro atoms. The Morgan fingerprint density at radius 1 is 1.23 bits per heavy atom. The van der Waals surface area contributed by atoms with Gasteiger partial charge >= 0.3 is 0 Å². The van der Waals surface area contributed by atoms with Crippen LogP contribution in [0.3, 0.4) is 0 Å². The number of nitrogen functional groups attached to an aromatic ring is 1. The second-order valence-corrected chi connectivity index (χ2v) is 5.63. The van der Waals surface area contributed by atoms with Gasteiger partial charge < -0.3 is 21.2 Å². The van der Waals surface area contributed by atoms with Crippen LogP contribution in [0.4, 0.5) is 11.6 Å². The van der Waals surface area contributed by atoms with E-state index in [4.69, 9.17) is 10.5 Å². The van der Waals surface area contributed by atoms with E-state index in [0.717, 1.165) is 16.8 Å². The molecule has 1 amide bonds. The minimum absolute atomic E-state index is 0.0787. The van der Waals surface area contributed by atoms with Gasteiger partial charge in [-0.1, -0.05) is 34.9 Å². The van der Waals surface area contributed by atoms with Gasteiger partial charge in [0.05, 0.1) is 6.54 Å². The van der Waals surface area contributed by atoms with Gasteiger partial charge in [0, 0.05) is 5.69 Å². The molecule has 0 aliphatic rings. The smallest absolute Gasteiger partial charge is 0.262 e. The summed E-state index contributed by atoms with van der Waals surface area (Å²) in [5, 5.41) is 13.5. The molecule has 0 radical (unpaired) electrons. The van der Waals surface area contributed by atoms with Gasteiger partial charge in [-0.05, 0) is 47.2 Å². The highest BCUT2D eigenvalue weighted by Gasteiger charge is 2.05. The number of nitrogens with two attached hydrogens (primary N) is 1. The Balaban J connectivity index is 1.51. The van der Waals surface area contributed by atoms with Crippen LogP contribution in [0.2, 0.25) is 0 Å². The maximum Gasteiger partial charge on any atom is 0.262 e. The highest BCUT2D eigenvalue weighted by Crippen LogP contribution is 2.14. The van der Waals surface area contributed by atoms with Crippen LogP contribution in [0.15, 0.2) is 48.5 Å². The Kier molecular flexibility index (Phi) is 5.28. The van der Waals surface area contributed by atoms with Crippen LogP contribution in [-0.2, 0) is 11.3 Å². The van der Waals surface area contributed by atoms with Gasteiger partial charge in [-0.25, -0.2) is 0 Å². The first kappa shape index (κ1) is 17.2. The number of carbonyl (C=O) groups is 1. The van der Waals surface area contributed by atoms with Crippen LogP contribution in [0.1, 0.15) is 11.1 Å². The number of amides is 1. The average molecular weight is 353 g/mol. The molecule has 3 rings (SSSR count). The van der Waals surface area contributed by atoms with Crippen molar-refractivity contribution in [2.24, 2.45) is 0 Å². The molecule has 0 atom stereocenters. The molecule has 3 aromatic rings. The van der Waals surface area contributed by atoms with Crippen molar-refractivity contribution in [1.29, 1.82) is 0 Å². The predicted molar refractivity (Wildman–Crippen MR) is 97.0 cm³/mol. The maximum absolute atomic E-state index is 12.0. The number of aryl methyl sites for hydroxylation is 1. The predicted octanol–water partition coefficient (Wildman–Crippen LogP) is 1.32. The second-order valence-electron chi connectivity index (χ2n) is 5.63. The number of aromatic nitrogens is 4. The summed E-state index contributed by atoms with van der Waals surface area (Å²) < 4.78 is 5.55. The molecule has 9 nitrogen and oxygen atoms in total. The number of benzene rings is 2. The number of tetrazole rings is 1. The molecule has 0 bridgehead atoms. The number of carbonyl (C=O) groups excluding carboxylic acids is 1. The molecule has 2 aromatic carbocycles. The summed E-state index contributed by atoms with van der Waals surface area (Å²) in [7, 11) is 0. The lowest BCUT2D eigenvalue weighted by Gasteiger charge is -2.10. The van der Waals surface area contributed by atoms with E-state index in [-0.39, 0.29) is 18.5 Å². The van der Waals surface area contributed by atoms with E-state index in [2.05, 4.69) is 26.3 Å². The number of hydrogen-bond donors (Lipinski definition) is 3. The van der Waals surface area contributed by atoms with Crippen molar-refractivity contribution in [3.8, 4) is 5.75 Å². The highest BCUT2D eigenvalue weighted by molar-refractivity contribution is 5.91. The lowest BCUT2D eigenvalue weighted by molar-refractivity contribution is -0.118. The maximum atomic E-state index is 12.0. The highest BCUT2D eigenvalue weighted by atomic mass is 16.5. The third-order valence-corrected chi connectivity index (χ3v) is 3.53. The normalized spacial score (nSPS) is 10.3. The van der Waals surface area contributed by atoms with E-state index in [9.17, 15) is 4.79 Å². The fourth-order valence-electron chi connectivity index (χ4n) is 2.20. The summed E-state index contributed by atoms with van der Waals surface area (Å²) in [4.78, 5) is 13.3. The summed E-state index contributed by atoms with van der Waals surface area (Å²) in [5.41, 5.74) is 11.3. The number of rotatable bonds is 7. The van der Waals surface area contributed by atoms with Crippen LogP contribution in [-0.4, -0.2) is 32.8 Å². The van der Waals surface area contributed by atoms with E-state index < -0.39 is 0 Å². The van der Waals surface area contributed by atoms with Crippen LogP contribution < -0.4 is 21.2 Å². The number of anilines is 2. The van der Waals surface area contributed by atoms with Gasteiger partial charge in [0.25, 0.3) is 11.9 Å². The van der Waals surface area contributed by atoms with E-state index in [1.165, 1.54) is 4.79 Å². The Morgan fingerprint density at radius 3 is 2.77 bits per heavy atom. The third kappa shape index (κ3) is 4.69. The molecule has 0 saturated carbocycles. The van der Waals surface area contributed by atoms with Crippen molar-refractivity contribution in [2.45, 2.75) is 13.5 Å². The fourth-order valence-corrected chi connectivity index (χ4v) is 2.20. The van der Waals surface area contributed by atoms with Gasteiger partial charge in [0.15, 0.2) is 6.61 Å². The molecular weight excluding hydrogens is 334 g/mol. The fraction of sp³-hybridized carbons (Fsp3) is 0.176. The second kappa shape index (κ2) is 7.97. The molecule has 134 valence electrons. The molecule has 0 aliphatic carbocycles. The number of ether oxygens (including phenoxy) is 1. The zero-order valence-electron chi connectivity index (χ0n) is 14.2. The topological polar surface area (TPSA) is 120 Å². The lowest BCUT2D eigenvalue weighted by Crippen LogP contribution is -2.20. The zero-order chi connectivity index (χ0) is 18.4. The molecule has 4 N–H and O–H groups in total. The van der Waals surface area contributed by atoms with Crippen molar-refractivity contribution in [2.75, 3.05) is 23.1 Å². The first-order chi connectivity index (χ1) is 12.6. The minimum Gasteiger partial charge on any atom is -0.484 e. The first-order valence-electron chi connectivity index (χ1n) is 7.96. The molecule has 0 saturated heterocycles. The summed E-state index contributed by atoms with van der Waals surface area (Å²) in [5.74, 6) is 0.539. The van der Waals surface area contributed by atoms with Crippen LogP contribution in [0.25, 0.3) is 0 Å². The summed E-state index contributed by atoms with van der Waals surface area (Å²) in [6.45, 7) is 2.36. The molecular formula is C17H19N7O2. The number of nitrogens with zero attached hydrogens (tertiary/aromatic N) is 4. The number of hydrogen-bond acceptors (Lipinski definition) is 7. The SMILES string of the molecule is Cc1ccc(NC(=O)COc2cccc(CNn3nnnc3N)c2)cc1. The van der Waals surface area contributed by atoms with Crippen LogP contribution >= 0.6 is 0 Å². The molecule has 0 unspecified atom stereocenters. The van der Waals surface area contributed by atoms with Crippen LogP contribution in [0.5, 0.6) is 5.75 Å². The summed E-state index contributed by atoms with van der Waals surface area (Å²) >= 11 is 0. The van der Waals surface area contributed by atoms with Crippen LogP contribution in [0, 0.1) is 6.92 Å². The summed E-state index contributed by atoms with van der Waals surface area (Å²) in [6.07, 6.45) is 0. The average Bonchev–Trinajstić information content (AvgIpc) is 3.05. The molecule has 1 aromatic heterocycles. The number of nitrogens with one attached hydrogen (secondary N) is 2. The van der Waals surface area contributed by atoms with Gasteiger partial charge in [-0.3, -0.25) is 4.79 Å². The van der Waals surface area contributed by atoms with Gasteiger partial charge in [0.1, 0.15) is 5.75 Å². The Hall–Kier alpha value is -3.62. The standard InChI is InChI=1S/C17H19N7O2/c1-12-5-7-14(8-6-12)20-16(25)11-26-15-4-2-3-13(9-15)10-19-24-17(18)21-22-23-24/h2-9,19H,10-11H2,1H3,(H,20,25)(H2,18,21,23). The molecule has 26 heavy (non-hydrogen) atoms. The van der Waals surface area contributed by atoms with Gasteiger partial charge in [0.2, 0.25) is 0 Å². The first-order valence-corrected chi connectivity index (χ1v) is 7.96. The zero-order valence-corrected chi connectivity index (χ0v) is 14.2. The van der Waals surface area contributed by atoms with E-state index in [1.807, 2.05) is 49.4 Å². The summed E-state index contributed by atoms with van der Waals surface area (Å²) in [6, 6.07) is 14.9. The largest absolute Gasteiger partial charge is 0.484 e. The van der Waals surface area contributed by atoms with Crippen molar-refractivity contribution in [3.63, 3.8) is 0 Å². The van der Waals surface area contributed by atoms with Gasteiger partial charge in [-0.2, -0.15) is 0 Å². The monoisotopic (exact) mass is 353 g/mol. The van der Waals surface area contributed by atoms with Gasteiger partial charge in [-0.15, -0.1) is 4.79 Å². The van der Waals surface area contributed by atoms with Crippen molar-refractivity contribution >= 4 is 17.5 Å². The Bertz CT molecular complexity index is 877. The lowest BCUT2D eigenvalue weighted by atomic mass is 10.2. The Morgan fingerprint density at radius 2 is 2.04 bits per heavy atom. The van der Waals surface area contributed by atoms with Crippen molar-refractivity contribution in [1.82, 2.24) is 20.3 Å². The molecule has 0 fully saturated rings. The van der Waals surface area contributed by atoms with E-state index >= 15 is 0 Å².